The van der Waals surface area contributed by atoms with Gasteiger partial charge in [-0.05, 0) is 0 Å². The summed E-state index contributed by atoms with van der Waals surface area (Å²) in [6.07, 6.45) is 0. The molecule has 9 heavy (non-hydrogen) atoms. The van der Waals surface area contributed by atoms with E-state index in [4.69, 9.17) is 0 Å². The van der Waals surface area contributed by atoms with E-state index in [1.807, 2.05) is 0 Å². The summed E-state index contributed by atoms with van der Waals surface area (Å²) in [5.74, 6) is 0. The van der Waals surface area contributed by atoms with E-state index in [1.165, 1.54) is 0 Å². The van der Waals surface area contributed by atoms with Crippen molar-refractivity contribution in [2.24, 2.45) is 0 Å². The van der Waals surface area contributed by atoms with Gasteiger partial charge in [0.2, 0.25) is 0 Å². The number of rotatable bonds is 0. The van der Waals surface area contributed by atoms with Gasteiger partial charge in [0.25, 0.3) is 0 Å². The maximum atomic E-state index is 3.83. The molecule has 0 rings (SSSR count). The topological polar surface area (TPSA) is 220 Å². The molecule has 0 aliphatic heterocycles. The Morgan fingerprint density at radius 1 is 0.444 bits per heavy atom. The first-order valence-electron chi connectivity index (χ1n) is 0.144. The Morgan fingerprint density at radius 3 is 0.444 bits per heavy atom. The molecule has 0 saturated carbocycles. The summed E-state index contributed by atoms with van der Waals surface area (Å²) in [7, 11) is 3.83. The normalized spacial score (nSPS) is 0.556. The van der Waals surface area contributed by atoms with Gasteiger partial charge in [0.15, 0.2) is 0 Å². The van der Waals surface area contributed by atoms with Crippen LogP contribution in [0.3, 0.4) is 0 Å². The van der Waals surface area contributed by atoms with Crippen molar-refractivity contribution in [3.05, 3.63) is 0 Å². The van der Waals surface area contributed by atoms with Crippen molar-refractivity contribution in [2.75, 3.05) is 0 Å². The molecule has 0 aromatic carbocycles. The summed E-state index contributed by atoms with van der Waals surface area (Å²) < 4.78 is 0. The van der Waals surface area contributed by atoms with E-state index < -0.39 is 0 Å². The molecule has 0 aromatic heterocycles. The van der Waals surface area contributed by atoms with Crippen LogP contribution in [0.15, 0.2) is 0 Å². The Bertz CT molecular complexity index is 8.88. The van der Waals surface area contributed by atoms with E-state index in [9.17, 15) is 0 Å². The molecule has 14 N–H and O–H groups in total. The fraction of sp³-hybridized carbons (Fsp3) is 0. The fourth-order valence-corrected chi connectivity index (χ4v) is 0. The molecular weight excluding hydrogens is 200 g/mol. The second-order valence-electron chi connectivity index (χ2n) is 0. The van der Waals surface area contributed by atoms with E-state index in [-0.39, 0.29) is 38.3 Å². The molecule has 0 unspecified atom stereocenters. The molecule has 0 radical (unpaired) electrons. The van der Waals surface area contributed by atoms with Crippen LogP contribution in [0.25, 0.3) is 0 Å². The standard InChI is InChI=1S/Fe.7H2O.S/h;7*1H2;. The first-order chi connectivity index (χ1) is 1.00. The third-order valence-electron chi connectivity index (χ3n) is 0. The molecule has 9 heteroatoms. The van der Waals surface area contributed by atoms with Crippen molar-refractivity contribution < 1.29 is 52.7 Å². The molecule has 70 valence electrons. The zero-order valence-electron chi connectivity index (χ0n) is 4.26. The van der Waals surface area contributed by atoms with E-state index in [0.29, 0.717) is 0 Å². The average molecular weight is 214 g/mol. The van der Waals surface area contributed by atoms with Gasteiger partial charge in [0.05, 0.1) is 0 Å². The predicted molar refractivity (Wildman–Crippen MR) is 32.9 cm³/mol. The molecule has 0 amide bonds. The second-order valence-corrected chi connectivity index (χ2v) is 0. The van der Waals surface area contributed by atoms with Crippen molar-refractivity contribution in [1.82, 2.24) is 0 Å². The van der Waals surface area contributed by atoms with Gasteiger partial charge >= 0.3 is 24.9 Å². The molecule has 0 bridgehead atoms. The van der Waals surface area contributed by atoms with Gasteiger partial charge in [-0.2, -0.15) is 0 Å². The zero-order chi connectivity index (χ0) is 2.00. The molecule has 0 atom stereocenters. The van der Waals surface area contributed by atoms with Crippen LogP contribution in [0.4, 0.5) is 0 Å². The minimum absolute atomic E-state index is 0. The van der Waals surface area contributed by atoms with Gasteiger partial charge in [-0.25, -0.2) is 0 Å². The maximum absolute atomic E-state index is 3.83. The van der Waals surface area contributed by atoms with Gasteiger partial charge in [0.1, 0.15) is 0 Å². The molecule has 0 aliphatic rings. The quantitative estimate of drug-likeness (QED) is 0.354. The third kappa shape index (κ3) is 1670. The van der Waals surface area contributed by atoms with Crippen LogP contribution in [0, 0.1) is 0 Å². The molecule has 0 aromatic rings. The van der Waals surface area contributed by atoms with Gasteiger partial charge in [-0.3, -0.25) is 0 Å². The van der Waals surface area contributed by atoms with Crippen molar-refractivity contribution in [3.63, 3.8) is 0 Å². The van der Waals surface area contributed by atoms with E-state index in [1.54, 1.807) is 0 Å². The predicted octanol–water partition coefficient (Wildman–Crippen LogP) is -5.13. The van der Waals surface area contributed by atoms with Crippen LogP contribution >= 0.6 is 10.6 Å². The Hall–Kier alpha value is 0.459. The molecule has 0 spiro atoms. The Labute approximate surface area is 63.9 Å². The van der Waals surface area contributed by atoms with E-state index >= 15 is 0 Å². The summed E-state index contributed by atoms with van der Waals surface area (Å²) in [6, 6.07) is 0. The first-order valence-corrected chi connectivity index (χ1v) is 1.79. The van der Waals surface area contributed by atoms with Crippen LogP contribution in [0.2, 0.25) is 0 Å². The summed E-state index contributed by atoms with van der Waals surface area (Å²) in [5, 5.41) is 0. The fourth-order valence-electron chi connectivity index (χ4n) is 0. The van der Waals surface area contributed by atoms with Crippen molar-refractivity contribution in [2.45, 2.75) is 0 Å². The van der Waals surface area contributed by atoms with Crippen molar-refractivity contribution in [1.29, 1.82) is 0 Å². The summed E-state index contributed by atoms with van der Waals surface area (Å²) in [6.45, 7) is 0. The van der Waals surface area contributed by atoms with Crippen LogP contribution in [0.5, 0.6) is 0 Å². The molecule has 7 nitrogen and oxygen atoms in total. The Kier molecular flexibility index (Phi) is 78700. The van der Waals surface area contributed by atoms with Crippen LogP contribution in [-0.2, 0) is 14.4 Å². The van der Waals surface area contributed by atoms with Gasteiger partial charge in [-0.15, -0.1) is 0 Å². The summed E-state index contributed by atoms with van der Waals surface area (Å²) in [5.41, 5.74) is 0. The SMILES string of the molecule is O.O.O.O.O.O.O.[S]=[Fe]. The van der Waals surface area contributed by atoms with Crippen molar-refractivity contribution >= 4 is 10.6 Å². The summed E-state index contributed by atoms with van der Waals surface area (Å²) in [4.78, 5) is 0. The molecule has 0 heterocycles. The minimum atomic E-state index is 0. The van der Waals surface area contributed by atoms with Crippen LogP contribution in [0.1, 0.15) is 0 Å². The molecule has 0 aliphatic carbocycles. The molecule has 0 saturated heterocycles. The Balaban J connectivity index is -0.000000000238. The Morgan fingerprint density at radius 2 is 0.444 bits per heavy atom. The second kappa shape index (κ2) is 2230. The average Bonchev–Trinajstić information content (AvgIpc) is 1.00. The van der Waals surface area contributed by atoms with Crippen molar-refractivity contribution in [3.8, 4) is 0 Å². The number of hydrogen-bond donors (Lipinski definition) is 0. The van der Waals surface area contributed by atoms with E-state index in [2.05, 4.69) is 24.9 Å². The summed E-state index contributed by atoms with van der Waals surface area (Å²) >= 11 is 2.83. The molecular formula is H14FeO7S. The van der Waals surface area contributed by atoms with Crippen LogP contribution < -0.4 is 0 Å². The van der Waals surface area contributed by atoms with Crippen LogP contribution in [-0.4, -0.2) is 38.3 Å². The third-order valence-corrected chi connectivity index (χ3v) is 0. The van der Waals surface area contributed by atoms with Gasteiger partial charge in [0, 0.05) is 0 Å². The van der Waals surface area contributed by atoms with E-state index in [0.717, 1.165) is 0 Å². The number of hydrogen-bond acceptors (Lipinski definition) is 1. The first kappa shape index (κ1) is 318. The van der Waals surface area contributed by atoms with Gasteiger partial charge < -0.3 is 38.3 Å². The zero-order valence-corrected chi connectivity index (χ0v) is 6.18. The van der Waals surface area contributed by atoms with Gasteiger partial charge in [-0.1, -0.05) is 0 Å². The monoisotopic (exact) mass is 214 g/mol. The molecule has 0 fully saturated rings.